The van der Waals surface area contributed by atoms with E-state index in [0.29, 0.717) is 12.2 Å². The zero-order chi connectivity index (χ0) is 20.0. The molecule has 1 aromatic carbocycles. The van der Waals surface area contributed by atoms with Crippen LogP contribution in [0.3, 0.4) is 0 Å². The summed E-state index contributed by atoms with van der Waals surface area (Å²) >= 11 is 0. The van der Waals surface area contributed by atoms with E-state index in [4.69, 9.17) is 0 Å². The number of carbonyl (C=O) groups excluding carboxylic acids is 1. The maximum absolute atomic E-state index is 12.3. The van der Waals surface area contributed by atoms with Crippen molar-refractivity contribution in [2.24, 2.45) is 0 Å². The zero-order valence-corrected chi connectivity index (χ0v) is 17.7. The predicted octanol–water partition coefficient (Wildman–Crippen LogP) is 0.823. The Morgan fingerprint density at radius 3 is 2.26 bits per heavy atom. The van der Waals surface area contributed by atoms with Crippen molar-refractivity contribution in [3.05, 3.63) is 29.3 Å². The van der Waals surface area contributed by atoms with Crippen molar-refractivity contribution in [2.75, 3.05) is 63.4 Å². The van der Waals surface area contributed by atoms with E-state index < -0.39 is 10.0 Å². The van der Waals surface area contributed by atoms with E-state index in [2.05, 4.69) is 22.2 Å². The number of nitrogens with one attached hydrogen (secondary N) is 1. The van der Waals surface area contributed by atoms with E-state index in [1.807, 2.05) is 19.9 Å². The van der Waals surface area contributed by atoms with Crippen LogP contribution in [0, 0.1) is 13.8 Å². The summed E-state index contributed by atoms with van der Waals surface area (Å²) in [4.78, 5) is 17.0. The van der Waals surface area contributed by atoms with Gasteiger partial charge in [0.25, 0.3) is 0 Å². The number of sulfonamides is 1. The van der Waals surface area contributed by atoms with Crippen LogP contribution in [0.15, 0.2) is 18.2 Å². The van der Waals surface area contributed by atoms with Crippen molar-refractivity contribution in [1.29, 1.82) is 0 Å². The molecule has 1 fully saturated rings. The maximum Gasteiger partial charge on any atom is 0.240 e. The van der Waals surface area contributed by atoms with Crippen LogP contribution in [0.2, 0.25) is 0 Å². The van der Waals surface area contributed by atoms with Gasteiger partial charge in [0.2, 0.25) is 15.9 Å². The Hall–Kier alpha value is -1.64. The Bertz CT molecular complexity index is 723. The molecule has 0 spiro atoms. The molecular formula is C19H32N4O3S. The molecule has 152 valence electrons. The molecular weight excluding hydrogens is 364 g/mol. The Labute approximate surface area is 163 Å². The van der Waals surface area contributed by atoms with E-state index in [1.165, 1.54) is 4.31 Å². The number of benzene rings is 1. The molecule has 1 saturated heterocycles. The van der Waals surface area contributed by atoms with Gasteiger partial charge in [0, 0.05) is 32.7 Å². The van der Waals surface area contributed by atoms with E-state index in [-0.39, 0.29) is 12.5 Å². The fourth-order valence-corrected chi connectivity index (χ4v) is 4.12. The van der Waals surface area contributed by atoms with E-state index in [9.17, 15) is 13.2 Å². The summed E-state index contributed by atoms with van der Waals surface area (Å²) in [6.45, 7) is 9.38. The van der Waals surface area contributed by atoms with Crippen molar-refractivity contribution in [2.45, 2.75) is 20.3 Å². The molecule has 8 heteroatoms. The van der Waals surface area contributed by atoms with Gasteiger partial charge in [-0.1, -0.05) is 6.07 Å². The Balaban J connectivity index is 1.85. The fraction of sp³-hybridized carbons (Fsp3) is 0.632. The number of likely N-dealkylation sites (N-methyl/N-ethyl adjacent to an activating group) is 1. The highest BCUT2D eigenvalue weighted by molar-refractivity contribution is 7.92. The molecule has 27 heavy (non-hydrogen) atoms. The minimum absolute atomic E-state index is 0.198. The lowest BCUT2D eigenvalue weighted by Gasteiger charge is -2.32. The second-order valence-electron chi connectivity index (χ2n) is 7.46. The smallest absolute Gasteiger partial charge is 0.240 e. The largest absolute Gasteiger partial charge is 0.354 e. The molecule has 1 aromatic rings. The van der Waals surface area contributed by atoms with Gasteiger partial charge in [0.05, 0.1) is 11.9 Å². The summed E-state index contributed by atoms with van der Waals surface area (Å²) < 4.78 is 25.5. The van der Waals surface area contributed by atoms with E-state index >= 15 is 0 Å². The lowest BCUT2D eigenvalue weighted by molar-refractivity contribution is -0.119. The monoisotopic (exact) mass is 396 g/mol. The Morgan fingerprint density at radius 1 is 1.11 bits per heavy atom. The van der Waals surface area contributed by atoms with Gasteiger partial charge in [-0.3, -0.25) is 9.10 Å². The van der Waals surface area contributed by atoms with Crippen molar-refractivity contribution in [3.8, 4) is 0 Å². The molecule has 2 rings (SSSR count). The molecule has 0 aromatic heterocycles. The number of rotatable bonds is 8. The van der Waals surface area contributed by atoms with Crippen LogP contribution >= 0.6 is 0 Å². The topological polar surface area (TPSA) is 73.0 Å². The van der Waals surface area contributed by atoms with Crippen LogP contribution in [0.4, 0.5) is 5.69 Å². The molecule has 1 N–H and O–H groups in total. The zero-order valence-electron chi connectivity index (χ0n) is 16.9. The highest BCUT2D eigenvalue weighted by atomic mass is 32.2. The van der Waals surface area contributed by atoms with Gasteiger partial charge in [-0.25, -0.2) is 8.42 Å². The Kier molecular flexibility index (Phi) is 7.64. The van der Waals surface area contributed by atoms with Crippen LogP contribution in [-0.2, 0) is 14.8 Å². The van der Waals surface area contributed by atoms with Crippen LogP contribution in [0.5, 0.6) is 0 Å². The summed E-state index contributed by atoms with van der Waals surface area (Å²) in [6.07, 6.45) is 1.99. The lowest BCUT2D eigenvalue weighted by Crippen LogP contribution is -2.45. The van der Waals surface area contributed by atoms with Gasteiger partial charge in [0.1, 0.15) is 6.54 Å². The van der Waals surface area contributed by atoms with Crippen molar-refractivity contribution in [1.82, 2.24) is 15.1 Å². The first-order chi connectivity index (χ1) is 12.6. The summed E-state index contributed by atoms with van der Waals surface area (Å²) in [5, 5.41) is 2.85. The first-order valence-corrected chi connectivity index (χ1v) is 11.2. The fourth-order valence-electron chi connectivity index (χ4n) is 3.28. The van der Waals surface area contributed by atoms with Gasteiger partial charge in [-0.05, 0) is 57.1 Å². The molecule has 0 bridgehead atoms. The number of amides is 1. The normalized spacial score (nSPS) is 16.3. The predicted molar refractivity (Wildman–Crippen MR) is 110 cm³/mol. The van der Waals surface area contributed by atoms with Crippen LogP contribution in [0.25, 0.3) is 0 Å². The highest BCUT2D eigenvalue weighted by Gasteiger charge is 2.21. The van der Waals surface area contributed by atoms with E-state index in [1.54, 1.807) is 12.1 Å². The highest BCUT2D eigenvalue weighted by Crippen LogP contribution is 2.21. The maximum atomic E-state index is 12.3. The molecule has 0 unspecified atom stereocenters. The summed E-state index contributed by atoms with van der Waals surface area (Å²) in [7, 11) is -1.41. The van der Waals surface area contributed by atoms with Crippen molar-refractivity contribution < 1.29 is 13.2 Å². The van der Waals surface area contributed by atoms with Crippen LogP contribution in [0.1, 0.15) is 17.5 Å². The summed E-state index contributed by atoms with van der Waals surface area (Å²) in [5.41, 5.74) is 2.46. The molecule has 1 aliphatic heterocycles. The minimum Gasteiger partial charge on any atom is -0.354 e. The molecule has 0 saturated carbocycles. The molecule has 7 nitrogen and oxygen atoms in total. The number of carbonyl (C=O) groups is 1. The molecule has 0 radical (unpaired) electrons. The first kappa shape index (κ1) is 21.7. The van der Waals surface area contributed by atoms with Gasteiger partial charge in [-0.15, -0.1) is 0 Å². The van der Waals surface area contributed by atoms with Crippen LogP contribution < -0.4 is 9.62 Å². The Morgan fingerprint density at radius 2 is 1.70 bits per heavy atom. The van der Waals surface area contributed by atoms with Crippen molar-refractivity contribution >= 4 is 21.6 Å². The quantitative estimate of drug-likeness (QED) is 0.659. The van der Waals surface area contributed by atoms with Gasteiger partial charge >= 0.3 is 0 Å². The summed E-state index contributed by atoms with van der Waals surface area (Å²) in [5.74, 6) is -0.280. The molecule has 1 heterocycles. The number of hydrogen-bond acceptors (Lipinski definition) is 5. The third kappa shape index (κ3) is 7.12. The lowest BCUT2D eigenvalue weighted by atomic mass is 10.1. The minimum atomic E-state index is -3.54. The molecule has 0 atom stereocenters. The molecule has 0 aliphatic carbocycles. The van der Waals surface area contributed by atoms with Gasteiger partial charge in [0.15, 0.2) is 0 Å². The second kappa shape index (κ2) is 9.52. The van der Waals surface area contributed by atoms with Crippen molar-refractivity contribution in [3.63, 3.8) is 0 Å². The van der Waals surface area contributed by atoms with E-state index in [0.717, 1.165) is 56.5 Å². The number of nitrogens with zero attached hydrogens (tertiary/aromatic N) is 3. The standard InChI is InChI=1S/C19H32N4O3S/c1-16-12-17(2)14-18(13-16)23(27(4,25)26)15-19(24)20-6-5-7-22-10-8-21(3)9-11-22/h12-14H,5-11,15H2,1-4H3,(H,20,24). The average Bonchev–Trinajstić information content (AvgIpc) is 2.56. The SMILES string of the molecule is Cc1cc(C)cc(N(CC(=O)NCCCN2CCN(C)CC2)S(C)(=O)=O)c1. The number of piperazine rings is 1. The number of hydrogen-bond donors (Lipinski definition) is 1. The molecule has 1 aliphatic rings. The third-order valence-corrected chi connectivity index (χ3v) is 5.89. The second-order valence-corrected chi connectivity index (χ2v) is 9.37. The number of anilines is 1. The first-order valence-electron chi connectivity index (χ1n) is 9.39. The van der Waals surface area contributed by atoms with Crippen LogP contribution in [-0.4, -0.2) is 83.2 Å². The average molecular weight is 397 g/mol. The third-order valence-electron chi connectivity index (χ3n) is 4.75. The van der Waals surface area contributed by atoms with Gasteiger partial charge < -0.3 is 15.1 Å². The molecule has 1 amide bonds. The number of aryl methyl sites for hydroxylation is 2. The van der Waals surface area contributed by atoms with Gasteiger partial charge in [-0.2, -0.15) is 0 Å². The summed E-state index contributed by atoms with van der Waals surface area (Å²) in [6, 6.07) is 5.55.